The lowest BCUT2D eigenvalue weighted by Gasteiger charge is -2.24. The Bertz CT molecular complexity index is 558. The van der Waals surface area contributed by atoms with Gasteiger partial charge in [-0.3, -0.25) is 0 Å². The number of hydrogen-bond donors (Lipinski definition) is 2. The number of anilines is 1. The molecule has 1 aromatic rings. The summed E-state index contributed by atoms with van der Waals surface area (Å²) in [5, 5.41) is 12.3. The molecule has 23 heavy (non-hydrogen) atoms. The number of nitrogens with one attached hydrogen (secondary N) is 1. The first-order valence-electron chi connectivity index (χ1n) is 8.56. The van der Waals surface area contributed by atoms with Crippen LogP contribution in [-0.4, -0.2) is 53.3 Å². The number of urea groups is 1. The third-order valence-corrected chi connectivity index (χ3v) is 4.78. The van der Waals surface area contributed by atoms with Crippen LogP contribution in [0, 0.1) is 6.92 Å². The molecule has 6 heteroatoms. The second-order valence-electron chi connectivity index (χ2n) is 6.46. The van der Waals surface area contributed by atoms with E-state index in [9.17, 15) is 9.90 Å². The molecule has 0 radical (unpaired) electrons. The highest BCUT2D eigenvalue weighted by Gasteiger charge is 2.28. The Hall–Kier alpha value is -1.82. The molecule has 6 nitrogen and oxygen atoms in total. The van der Waals surface area contributed by atoms with Crippen molar-refractivity contribution >= 4 is 11.8 Å². The lowest BCUT2D eigenvalue weighted by molar-refractivity contribution is 0.157. The van der Waals surface area contributed by atoms with Crippen LogP contribution in [0.4, 0.5) is 10.6 Å². The number of amides is 2. The predicted octanol–water partition coefficient (Wildman–Crippen LogP) is 1.66. The zero-order chi connectivity index (χ0) is 16.2. The summed E-state index contributed by atoms with van der Waals surface area (Å²) in [4.78, 5) is 21.1. The van der Waals surface area contributed by atoms with Crippen LogP contribution in [0.2, 0.25) is 0 Å². The smallest absolute Gasteiger partial charge is 0.317 e. The molecule has 126 valence electrons. The van der Waals surface area contributed by atoms with Gasteiger partial charge in [-0.15, -0.1) is 0 Å². The molecule has 2 N–H and O–H groups in total. The fourth-order valence-electron chi connectivity index (χ4n) is 3.48. The molecule has 2 amide bonds. The fraction of sp³-hybridized carbons (Fsp3) is 0.647. The van der Waals surface area contributed by atoms with Crippen LogP contribution >= 0.6 is 0 Å². The van der Waals surface area contributed by atoms with Crippen LogP contribution in [-0.2, 0) is 6.54 Å². The summed E-state index contributed by atoms with van der Waals surface area (Å²) in [6, 6.07) is 3.93. The average molecular weight is 318 g/mol. The van der Waals surface area contributed by atoms with E-state index in [1.807, 2.05) is 13.0 Å². The highest BCUT2D eigenvalue weighted by atomic mass is 16.3. The average Bonchev–Trinajstić information content (AvgIpc) is 3.24. The van der Waals surface area contributed by atoms with Gasteiger partial charge < -0.3 is 20.2 Å². The Labute approximate surface area is 137 Å². The normalized spacial score (nSPS) is 21.0. The Morgan fingerprint density at radius 3 is 2.83 bits per heavy atom. The van der Waals surface area contributed by atoms with Crippen LogP contribution < -0.4 is 10.2 Å². The first-order chi connectivity index (χ1) is 11.2. The molecule has 3 heterocycles. The summed E-state index contributed by atoms with van der Waals surface area (Å²) in [7, 11) is 0. The maximum Gasteiger partial charge on any atom is 0.317 e. The Morgan fingerprint density at radius 1 is 1.30 bits per heavy atom. The number of aryl methyl sites for hydroxylation is 1. The van der Waals surface area contributed by atoms with Gasteiger partial charge in [0.15, 0.2) is 0 Å². The van der Waals surface area contributed by atoms with Gasteiger partial charge in [0, 0.05) is 37.4 Å². The third kappa shape index (κ3) is 3.58. The van der Waals surface area contributed by atoms with Gasteiger partial charge in [-0.05, 0) is 38.7 Å². The van der Waals surface area contributed by atoms with E-state index < -0.39 is 0 Å². The highest BCUT2D eigenvalue weighted by Crippen LogP contribution is 2.23. The van der Waals surface area contributed by atoms with Crippen LogP contribution in [0.1, 0.15) is 36.9 Å². The van der Waals surface area contributed by atoms with Crippen molar-refractivity contribution < 1.29 is 9.90 Å². The van der Waals surface area contributed by atoms with Gasteiger partial charge in [0.05, 0.1) is 12.6 Å². The molecule has 1 aromatic heterocycles. The van der Waals surface area contributed by atoms with E-state index >= 15 is 0 Å². The molecule has 0 saturated carbocycles. The van der Waals surface area contributed by atoms with E-state index in [2.05, 4.69) is 21.3 Å². The summed E-state index contributed by atoms with van der Waals surface area (Å²) in [6.07, 6.45) is 4.25. The number of nitrogens with zero attached hydrogens (tertiary/aromatic N) is 3. The summed E-state index contributed by atoms with van der Waals surface area (Å²) in [5.41, 5.74) is 2.06. The number of hydrogen-bond acceptors (Lipinski definition) is 4. The second-order valence-corrected chi connectivity index (χ2v) is 6.46. The molecule has 0 aliphatic carbocycles. The minimum atomic E-state index is -0.0884. The molecule has 1 unspecified atom stereocenters. The first kappa shape index (κ1) is 16.1. The van der Waals surface area contributed by atoms with Crippen molar-refractivity contribution in [2.45, 2.75) is 45.2 Å². The van der Waals surface area contributed by atoms with Crippen LogP contribution in [0.3, 0.4) is 0 Å². The number of aliphatic hydroxyl groups is 1. The molecule has 2 aliphatic heterocycles. The number of rotatable bonds is 4. The lowest BCUT2D eigenvalue weighted by Crippen LogP contribution is -2.44. The van der Waals surface area contributed by atoms with E-state index in [0.29, 0.717) is 6.54 Å². The van der Waals surface area contributed by atoms with E-state index in [1.54, 1.807) is 4.90 Å². The first-order valence-corrected chi connectivity index (χ1v) is 8.56. The number of aliphatic hydroxyl groups excluding tert-OH is 1. The topological polar surface area (TPSA) is 68.7 Å². The van der Waals surface area contributed by atoms with Crippen molar-refractivity contribution in [2.24, 2.45) is 0 Å². The van der Waals surface area contributed by atoms with Crippen molar-refractivity contribution in [3.63, 3.8) is 0 Å². The van der Waals surface area contributed by atoms with Gasteiger partial charge in [0.2, 0.25) is 0 Å². The summed E-state index contributed by atoms with van der Waals surface area (Å²) in [5.74, 6) is 1.00. The molecule has 3 rings (SSSR count). The monoisotopic (exact) mass is 318 g/mol. The minimum Gasteiger partial charge on any atom is -0.394 e. The fourth-order valence-corrected chi connectivity index (χ4v) is 3.48. The van der Waals surface area contributed by atoms with Gasteiger partial charge in [-0.2, -0.15) is 0 Å². The summed E-state index contributed by atoms with van der Waals surface area (Å²) >= 11 is 0. The third-order valence-electron chi connectivity index (χ3n) is 4.78. The molecule has 0 bridgehead atoms. The Kier molecular flexibility index (Phi) is 5.00. The zero-order valence-corrected chi connectivity index (χ0v) is 13.8. The number of likely N-dealkylation sites (tertiary alicyclic amines) is 1. The maximum absolute atomic E-state index is 12.4. The van der Waals surface area contributed by atoms with Gasteiger partial charge in [-0.25, -0.2) is 9.78 Å². The standard InChI is InChI=1S/C17H26N4O2/c1-13-6-7-14(16(19-13)20-8-2-3-9-20)11-18-17(23)21-10-4-5-15(21)12-22/h6-7,15,22H,2-5,8-12H2,1H3,(H,18,23). The zero-order valence-electron chi connectivity index (χ0n) is 13.8. The van der Waals surface area contributed by atoms with Crippen molar-refractivity contribution in [2.75, 3.05) is 31.1 Å². The SMILES string of the molecule is Cc1ccc(CNC(=O)N2CCCC2CO)c(N2CCCC2)n1. The summed E-state index contributed by atoms with van der Waals surface area (Å²) < 4.78 is 0. The molecule has 0 spiro atoms. The van der Waals surface area contributed by atoms with Gasteiger partial charge in [0.25, 0.3) is 0 Å². The van der Waals surface area contributed by atoms with Crippen LogP contribution in [0.5, 0.6) is 0 Å². The molecule has 2 saturated heterocycles. The number of aromatic nitrogens is 1. The maximum atomic E-state index is 12.4. The van der Waals surface area contributed by atoms with Gasteiger partial charge in [0.1, 0.15) is 5.82 Å². The molecule has 1 atom stereocenters. The Morgan fingerprint density at radius 2 is 2.09 bits per heavy atom. The number of carbonyl (C=O) groups excluding carboxylic acids is 1. The van der Waals surface area contributed by atoms with Crippen LogP contribution in [0.25, 0.3) is 0 Å². The molecule has 0 aromatic carbocycles. The van der Waals surface area contributed by atoms with Crippen molar-refractivity contribution in [3.05, 3.63) is 23.4 Å². The largest absolute Gasteiger partial charge is 0.394 e. The Balaban J connectivity index is 1.67. The van der Waals surface area contributed by atoms with E-state index in [1.165, 1.54) is 12.8 Å². The molecular weight excluding hydrogens is 292 g/mol. The minimum absolute atomic E-state index is 0.0378. The van der Waals surface area contributed by atoms with E-state index in [0.717, 1.165) is 49.6 Å². The van der Waals surface area contributed by atoms with Crippen LogP contribution in [0.15, 0.2) is 12.1 Å². The van der Waals surface area contributed by atoms with Gasteiger partial charge >= 0.3 is 6.03 Å². The van der Waals surface area contributed by atoms with Crippen molar-refractivity contribution in [3.8, 4) is 0 Å². The molecule has 2 fully saturated rings. The number of carbonyl (C=O) groups is 1. The summed E-state index contributed by atoms with van der Waals surface area (Å²) in [6.45, 7) is 5.32. The highest BCUT2D eigenvalue weighted by molar-refractivity contribution is 5.75. The van der Waals surface area contributed by atoms with E-state index in [4.69, 9.17) is 0 Å². The molecule has 2 aliphatic rings. The van der Waals surface area contributed by atoms with E-state index in [-0.39, 0.29) is 18.7 Å². The number of pyridine rings is 1. The quantitative estimate of drug-likeness (QED) is 0.886. The van der Waals surface area contributed by atoms with Crippen molar-refractivity contribution in [1.29, 1.82) is 0 Å². The lowest BCUT2D eigenvalue weighted by atomic mass is 10.2. The van der Waals surface area contributed by atoms with Gasteiger partial charge in [-0.1, -0.05) is 6.07 Å². The van der Waals surface area contributed by atoms with Crippen molar-refractivity contribution in [1.82, 2.24) is 15.2 Å². The second kappa shape index (κ2) is 7.17. The predicted molar refractivity (Wildman–Crippen MR) is 89.5 cm³/mol. The molecular formula is C17H26N4O2.